The molecule has 12 heteroatoms. The molecular weight excluding hydrogens is 583 g/mol. The predicted octanol–water partition coefficient (Wildman–Crippen LogP) is 6.15. The number of aryl methyl sites for hydroxylation is 2. The Balaban J connectivity index is 1.25. The van der Waals surface area contributed by atoms with E-state index in [0.717, 1.165) is 30.3 Å². The number of fused-ring (bicyclic) bond motifs is 1. The van der Waals surface area contributed by atoms with Crippen molar-refractivity contribution in [2.75, 3.05) is 38.5 Å². The summed E-state index contributed by atoms with van der Waals surface area (Å²) in [6.07, 6.45) is 0.572. The fraction of sp³-hybridized carbons (Fsp3) is 0.273. The SMILES string of the molecule is Cc1ccc(NC(=O)c2ccc(CN3CCN(C)CC3)c(C(F)(F)F)c2)cc1Oc1nc(-c2ccncc2)nc2ccn(C)c12. The van der Waals surface area contributed by atoms with E-state index >= 15 is 0 Å². The van der Waals surface area contributed by atoms with Crippen LogP contribution in [0.5, 0.6) is 11.6 Å². The van der Waals surface area contributed by atoms with Gasteiger partial charge in [0, 0.05) is 81.2 Å². The second-order valence-corrected chi connectivity index (χ2v) is 11.2. The summed E-state index contributed by atoms with van der Waals surface area (Å²) in [7, 11) is 3.85. The molecule has 1 saturated heterocycles. The Labute approximate surface area is 258 Å². The zero-order chi connectivity index (χ0) is 31.7. The summed E-state index contributed by atoms with van der Waals surface area (Å²) in [5.41, 5.74) is 2.53. The molecule has 232 valence electrons. The van der Waals surface area contributed by atoms with Crippen LogP contribution in [0.4, 0.5) is 18.9 Å². The van der Waals surface area contributed by atoms with E-state index < -0.39 is 17.6 Å². The van der Waals surface area contributed by atoms with Gasteiger partial charge < -0.3 is 19.5 Å². The average Bonchev–Trinajstić information content (AvgIpc) is 3.40. The number of hydrogen-bond acceptors (Lipinski definition) is 7. The van der Waals surface area contributed by atoms with E-state index in [2.05, 4.69) is 25.2 Å². The average molecular weight is 616 g/mol. The molecule has 0 unspecified atom stereocenters. The molecule has 0 bridgehead atoms. The number of piperazine rings is 1. The van der Waals surface area contributed by atoms with Gasteiger partial charge in [-0.05, 0) is 61.5 Å². The molecule has 4 heterocycles. The van der Waals surface area contributed by atoms with Gasteiger partial charge in [0.25, 0.3) is 5.91 Å². The quantitative estimate of drug-likeness (QED) is 0.235. The van der Waals surface area contributed by atoms with Gasteiger partial charge in [-0.3, -0.25) is 14.7 Å². The Morgan fingerprint density at radius 2 is 1.71 bits per heavy atom. The lowest BCUT2D eigenvalue weighted by Gasteiger charge is -2.33. The van der Waals surface area contributed by atoms with Crippen molar-refractivity contribution in [3.05, 3.63) is 95.4 Å². The molecule has 1 aliphatic heterocycles. The zero-order valence-electron chi connectivity index (χ0n) is 25.1. The molecule has 45 heavy (non-hydrogen) atoms. The van der Waals surface area contributed by atoms with Crippen LogP contribution in [0.1, 0.15) is 27.0 Å². The first kappa shape index (κ1) is 30.2. The van der Waals surface area contributed by atoms with Crippen LogP contribution in [-0.2, 0) is 19.8 Å². The van der Waals surface area contributed by atoms with Gasteiger partial charge in [0.1, 0.15) is 11.3 Å². The molecule has 0 radical (unpaired) electrons. The maximum atomic E-state index is 14.1. The van der Waals surface area contributed by atoms with Crippen molar-refractivity contribution in [1.29, 1.82) is 0 Å². The van der Waals surface area contributed by atoms with E-state index in [0.29, 0.717) is 47.3 Å². The molecule has 6 rings (SSSR count). The predicted molar refractivity (Wildman–Crippen MR) is 165 cm³/mol. The number of nitrogens with one attached hydrogen (secondary N) is 1. The Morgan fingerprint density at radius 1 is 0.956 bits per heavy atom. The lowest BCUT2D eigenvalue weighted by molar-refractivity contribution is -0.138. The maximum Gasteiger partial charge on any atom is 0.416 e. The fourth-order valence-electron chi connectivity index (χ4n) is 5.32. The highest BCUT2D eigenvalue weighted by molar-refractivity contribution is 6.04. The van der Waals surface area contributed by atoms with Crippen LogP contribution in [-0.4, -0.2) is 68.5 Å². The van der Waals surface area contributed by atoms with Crippen molar-refractivity contribution < 1.29 is 22.7 Å². The van der Waals surface area contributed by atoms with Crippen LogP contribution < -0.4 is 10.1 Å². The highest BCUT2D eigenvalue weighted by Gasteiger charge is 2.34. The third-order valence-corrected chi connectivity index (χ3v) is 7.95. The number of rotatable bonds is 7. The molecule has 5 aromatic rings. The number of hydrogen-bond donors (Lipinski definition) is 1. The summed E-state index contributed by atoms with van der Waals surface area (Å²) in [6.45, 7) is 4.98. The van der Waals surface area contributed by atoms with Gasteiger partial charge in [0.05, 0.1) is 11.1 Å². The first-order chi connectivity index (χ1) is 21.5. The van der Waals surface area contributed by atoms with Crippen molar-refractivity contribution in [3.63, 3.8) is 0 Å². The van der Waals surface area contributed by atoms with Gasteiger partial charge in [0.15, 0.2) is 5.82 Å². The minimum absolute atomic E-state index is 0.0872. The van der Waals surface area contributed by atoms with E-state index in [4.69, 9.17) is 4.74 Å². The first-order valence-corrected chi connectivity index (χ1v) is 14.5. The molecule has 0 saturated carbocycles. The molecule has 1 aliphatic rings. The van der Waals surface area contributed by atoms with Crippen LogP contribution in [0.2, 0.25) is 0 Å². The summed E-state index contributed by atoms with van der Waals surface area (Å²) < 4.78 is 50.5. The van der Waals surface area contributed by atoms with E-state index in [1.54, 1.807) is 42.7 Å². The number of halogens is 3. The fourth-order valence-corrected chi connectivity index (χ4v) is 5.32. The largest absolute Gasteiger partial charge is 0.437 e. The smallest absolute Gasteiger partial charge is 0.416 e. The van der Waals surface area contributed by atoms with Crippen molar-refractivity contribution in [2.45, 2.75) is 19.6 Å². The number of carbonyl (C=O) groups excluding carboxylic acids is 1. The minimum atomic E-state index is -4.60. The van der Waals surface area contributed by atoms with Crippen molar-refractivity contribution in [3.8, 4) is 23.0 Å². The highest BCUT2D eigenvalue weighted by atomic mass is 19.4. The van der Waals surface area contributed by atoms with Crippen LogP contribution >= 0.6 is 0 Å². The minimum Gasteiger partial charge on any atom is -0.437 e. The van der Waals surface area contributed by atoms with Gasteiger partial charge in [-0.15, -0.1) is 0 Å². The molecule has 1 N–H and O–H groups in total. The standard InChI is InChI=1S/C33H32F3N7O2/c1-21-4-7-25(19-28(21)45-32-29-27(10-13-42(29)3)39-30(40-32)22-8-11-37-12-9-22)38-31(44)23-5-6-24(26(18-23)33(34,35)36)20-43-16-14-41(2)15-17-43/h4-13,18-19H,14-17,20H2,1-3H3,(H,38,44). The molecule has 1 amide bonds. The number of anilines is 1. The summed E-state index contributed by atoms with van der Waals surface area (Å²) in [4.78, 5) is 30.8. The molecule has 9 nitrogen and oxygen atoms in total. The monoisotopic (exact) mass is 615 g/mol. The van der Waals surface area contributed by atoms with E-state index in [1.165, 1.54) is 12.1 Å². The lowest BCUT2D eigenvalue weighted by atomic mass is 10.0. The Morgan fingerprint density at radius 3 is 2.44 bits per heavy atom. The first-order valence-electron chi connectivity index (χ1n) is 14.5. The van der Waals surface area contributed by atoms with Crippen LogP contribution in [0, 0.1) is 6.92 Å². The van der Waals surface area contributed by atoms with Crippen molar-refractivity contribution in [2.24, 2.45) is 7.05 Å². The Hall–Kier alpha value is -4.81. The number of benzene rings is 2. The number of ether oxygens (including phenoxy) is 1. The molecule has 3 aromatic heterocycles. The third kappa shape index (κ3) is 6.66. The summed E-state index contributed by atoms with van der Waals surface area (Å²) in [5, 5.41) is 2.73. The third-order valence-electron chi connectivity index (χ3n) is 7.95. The van der Waals surface area contributed by atoms with Crippen molar-refractivity contribution in [1.82, 2.24) is 29.3 Å². The molecule has 0 atom stereocenters. The molecule has 2 aromatic carbocycles. The van der Waals surface area contributed by atoms with Crippen molar-refractivity contribution >= 4 is 22.6 Å². The van der Waals surface area contributed by atoms with Gasteiger partial charge in [-0.25, -0.2) is 4.98 Å². The second kappa shape index (κ2) is 12.3. The molecule has 0 aliphatic carbocycles. The van der Waals surface area contributed by atoms with Crippen LogP contribution in [0.15, 0.2) is 73.2 Å². The van der Waals surface area contributed by atoms with E-state index in [-0.39, 0.29) is 17.7 Å². The Bertz CT molecular complexity index is 1850. The number of alkyl halides is 3. The second-order valence-electron chi connectivity index (χ2n) is 11.2. The summed E-state index contributed by atoms with van der Waals surface area (Å²) >= 11 is 0. The van der Waals surface area contributed by atoms with Crippen LogP contribution in [0.25, 0.3) is 22.4 Å². The molecule has 1 fully saturated rings. The normalized spacial score (nSPS) is 14.5. The molecular formula is C33H32F3N7O2. The number of likely N-dealkylation sites (N-methyl/N-ethyl adjacent to an activating group) is 1. The zero-order valence-corrected chi connectivity index (χ0v) is 25.1. The number of pyridine rings is 1. The van der Waals surface area contributed by atoms with Crippen LogP contribution in [0.3, 0.4) is 0 Å². The van der Waals surface area contributed by atoms with Gasteiger partial charge >= 0.3 is 6.18 Å². The summed E-state index contributed by atoms with van der Waals surface area (Å²) in [6, 6.07) is 14.3. The summed E-state index contributed by atoms with van der Waals surface area (Å²) in [5.74, 6) is 0.544. The lowest BCUT2D eigenvalue weighted by Crippen LogP contribution is -2.44. The number of nitrogens with zero attached hydrogens (tertiary/aromatic N) is 6. The number of aromatic nitrogens is 4. The highest BCUT2D eigenvalue weighted by Crippen LogP contribution is 2.35. The topological polar surface area (TPSA) is 88.4 Å². The van der Waals surface area contributed by atoms with E-state index in [1.807, 2.05) is 42.7 Å². The van der Waals surface area contributed by atoms with Gasteiger partial charge in [-0.2, -0.15) is 18.2 Å². The van der Waals surface area contributed by atoms with Gasteiger partial charge in [0.2, 0.25) is 5.88 Å². The number of amides is 1. The van der Waals surface area contributed by atoms with E-state index in [9.17, 15) is 18.0 Å². The molecule has 0 spiro atoms. The van der Waals surface area contributed by atoms with Gasteiger partial charge in [-0.1, -0.05) is 12.1 Å². The Kier molecular flexibility index (Phi) is 8.26. The number of carbonyl (C=O) groups is 1. The maximum absolute atomic E-state index is 14.1.